The Hall–Kier alpha value is -4.76. The fourth-order valence-electron chi connectivity index (χ4n) is 5.36. The molecule has 4 rings (SSSR count). The Morgan fingerprint density at radius 2 is 1.48 bits per heavy atom. The summed E-state index contributed by atoms with van der Waals surface area (Å²) in [7, 11) is 1.25. The van der Waals surface area contributed by atoms with Gasteiger partial charge in [-0.1, -0.05) is 72.8 Å². The average molecular weight is 570 g/mol. The van der Waals surface area contributed by atoms with E-state index in [1.165, 1.54) is 36.4 Å². The van der Waals surface area contributed by atoms with Crippen LogP contribution in [0, 0.1) is 10.1 Å². The molecular weight excluding hydrogens is 534 g/mol. The van der Waals surface area contributed by atoms with Crippen LogP contribution in [0.25, 0.3) is 0 Å². The average Bonchev–Trinajstić information content (AvgIpc) is 3.00. The normalized spacial score (nSPS) is 14.9. The van der Waals surface area contributed by atoms with Gasteiger partial charge in [-0.25, -0.2) is 9.59 Å². The minimum absolute atomic E-state index is 0.106. The van der Waals surface area contributed by atoms with Crippen molar-refractivity contribution in [2.24, 2.45) is 0 Å². The third-order valence-electron chi connectivity index (χ3n) is 7.33. The van der Waals surface area contributed by atoms with Crippen molar-refractivity contribution in [1.82, 2.24) is 10.6 Å². The first kappa shape index (κ1) is 30.2. The molecule has 1 heterocycles. The number of carbonyl (C=O) groups excluding carboxylic acids is 2. The van der Waals surface area contributed by atoms with Crippen molar-refractivity contribution in [2.45, 2.75) is 32.1 Å². The van der Waals surface area contributed by atoms with Crippen LogP contribution in [0.3, 0.4) is 0 Å². The maximum absolute atomic E-state index is 13.4. The van der Waals surface area contributed by atoms with Gasteiger partial charge < -0.3 is 20.1 Å². The van der Waals surface area contributed by atoms with E-state index in [4.69, 9.17) is 9.47 Å². The largest absolute Gasteiger partial charge is 0.466 e. The van der Waals surface area contributed by atoms with Gasteiger partial charge in [0.15, 0.2) is 0 Å². The molecule has 0 bridgehead atoms. The van der Waals surface area contributed by atoms with E-state index in [9.17, 15) is 19.7 Å². The number of hydrogen-bond donors (Lipinski definition) is 2. The summed E-state index contributed by atoms with van der Waals surface area (Å²) >= 11 is 0. The maximum Gasteiger partial charge on any atom is 0.336 e. The fourth-order valence-corrected chi connectivity index (χ4v) is 5.36. The molecule has 9 heteroatoms. The molecule has 9 nitrogen and oxygen atoms in total. The number of dihydropyridines is 1. The number of non-ortho nitro benzene ring substituents is 1. The third kappa shape index (κ3) is 7.11. The van der Waals surface area contributed by atoms with E-state index in [1.54, 1.807) is 19.9 Å². The molecule has 0 fully saturated rings. The number of hydrogen-bond acceptors (Lipinski definition) is 8. The molecule has 1 atom stereocenters. The van der Waals surface area contributed by atoms with Gasteiger partial charge in [0.1, 0.15) is 6.61 Å². The molecule has 3 aromatic carbocycles. The van der Waals surface area contributed by atoms with Crippen molar-refractivity contribution in [3.05, 3.63) is 134 Å². The van der Waals surface area contributed by atoms with Crippen LogP contribution in [-0.2, 0) is 19.1 Å². The van der Waals surface area contributed by atoms with Crippen molar-refractivity contribution in [3.8, 4) is 0 Å². The van der Waals surface area contributed by atoms with E-state index in [2.05, 4.69) is 34.9 Å². The molecule has 0 aromatic heterocycles. The number of ether oxygens (including phenoxy) is 2. The number of methoxy groups -OCH3 is 1. The second-order valence-electron chi connectivity index (χ2n) is 10.0. The Morgan fingerprint density at radius 1 is 0.881 bits per heavy atom. The van der Waals surface area contributed by atoms with E-state index >= 15 is 0 Å². The van der Waals surface area contributed by atoms with Crippen LogP contribution in [0.2, 0.25) is 0 Å². The molecule has 1 unspecified atom stereocenters. The molecule has 1 aliphatic heterocycles. The monoisotopic (exact) mass is 569 g/mol. The molecule has 0 saturated heterocycles. The smallest absolute Gasteiger partial charge is 0.336 e. The van der Waals surface area contributed by atoms with E-state index < -0.39 is 22.8 Å². The molecule has 2 N–H and O–H groups in total. The molecule has 218 valence electrons. The lowest BCUT2D eigenvalue weighted by atomic mass is 9.80. The third-order valence-corrected chi connectivity index (χ3v) is 7.33. The summed E-state index contributed by atoms with van der Waals surface area (Å²) in [6.07, 6.45) is 0.859. The van der Waals surface area contributed by atoms with Gasteiger partial charge in [0.05, 0.1) is 29.1 Å². The summed E-state index contributed by atoms with van der Waals surface area (Å²) < 4.78 is 10.7. The number of nitrogens with one attached hydrogen (secondary N) is 2. The summed E-state index contributed by atoms with van der Waals surface area (Å²) in [5, 5.41) is 17.9. The summed E-state index contributed by atoms with van der Waals surface area (Å²) in [5.41, 5.74) is 4.15. The van der Waals surface area contributed by atoms with Gasteiger partial charge in [-0.05, 0) is 43.5 Å². The lowest BCUT2D eigenvalue weighted by Gasteiger charge is -2.30. The maximum atomic E-state index is 13.4. The zero-order valence-electron chi connectivity index (χ0n) is 24.0. The van der Waals surface area contributed by atoms with Gasteiger partial charge in [-0.3, -0.25) is 10.1 Å². The second kappa shape index (κ2) is 14.2. The highest BCUT2D eigenvalue weighted by Gasteiger charge is 2.38. The van der Waals surface area contributed by atoms with Gasteiger partial charge >= 0.3 is 11.9 Å². The standard InChI is InChI=1S/C33H35N3O6/c1-22-29(32(37)41-3)31(26-15-10-16-27(21-26)36(39)40)30(23(2)35-22)33(38)42-20-19-34-18-17-28(24-11-6-4-7-12-24)25-13-8-5-9-14-25/h4-16,21,28,31,34-35H,17-20H2,1-3H3. The van der Waals surface area contributed by atoms with Crippen LogP contribution in [-0.4, -0.2) is 43.7 Å². The lowest BCUT2D eigenvalue weighted by molar-refractivity contribution is -0.384. The van der Waals surface area contributed by atoms with Crippen molar-refractivity contribution in [3.63, 3.8) is 0 Å². The van der Waals surface area contributed by atoms with Gasteiger partial charge in [-0.2, -0.15) is 0 Å². The summed E-state index contributed by atoms with van der Waals surface area (Å²) in [4.78, 5) is 37.2. The minimum Gasteiger partial charge on any atom is -0.466 e. The summed E-state index contributed by atoms with van der Waals surface area (Å²) in [6.45, 7) is 4.66. The first-order valence-corrected chi connectivity index (χ1v) is 13.8. The molecule has 42 heavy (non-hydrogen) atoms. The van der Waals surface area contributed by atoms with Crippen LogP contribution in [0.5, 0.6) is 0 Å². The Morgan fingerprint density at radius 3 is 2.05 bits per heavy atom. The number of esters is 2. The predicted octanol–water partition coefficient (Wildman–Crippen LogP) is 5.36. The van der Waals surface area contributed by atoms with Crippen LogP contribution < -0.4 is 10.6 Å². The number of allylic oxidation sites excluding steroid dienone is 2. The predicted molar refractivity (Wildman–Crippen MR) is 160 cm³/mol. The lowest BCUT2D eigenvalue weighted by Crippen LogP contribution is -2.33. The van der Waals surface area contributed by atoms with Crippen molar-refractivity contribution in [2.75, 3.05) is 26.8 Å². The highest BCUT2D eigenvalue weighted by atomic mass is 16.6. The summed E-state index contributed by atoms with van der Waals surface area (Å²) in [5.74, 6) is -1.91. The number of nitro benzene ring substituents is 1. The number of carbonyl (C=O) groups is 2. The van der Waals surface area contributed by atoms with Crippen molar-refractivity contribution in [1.29, 1.82) is 0 Å². The Kier molecular flexibility index (Phi) is 10.2. The molecule has 0 spiro atoms. The van der Waals surface area contributed by atoms with Gasteiger partial charge in [0.25, 0.3) is 5.69 Å². The van der Waals surface area contributed by atoms with Gasteiger partial charge in [0, 0.05) is 36.0 Å². The van der Waals surface area contributed by atoms with Crippen LogP contribution >= 0.6 is 0 Å². The molecule has 0 amide bonds. The van der Waals surface area contributed by atoms with E-state index in [1.807, 2.05) is 36.4 Å². The molecule has 3 aromatic rings. The second-order valence-corrected chi connectivity index (χ2v) is 10.0. The molecule has 0 saturated carbocycles. The highest BCUT2D eigenvalue weighted by molar-refractivity contribution is 5.99. The summed E-state index contributed by atoms with van der Waals surface area (Å²) in [6, 6.07) is 26.6. The van der Waals surface area contributed by atoms with Gasteiger partial charge in [-0.15, -0.1) is 0 Å². The molecule has 0 radical (unpaired) electrons. The SMILES string of the molecule is COC(=O)C1=C(C)NC(C)=C(C(=O)OCCNCCC(c2ccccc2)c2ccccc2)C1c1cccc([N+](=O)[O-])c1. The number of nitrogens with zero attached hydrogens (tertiary/aromatic N) is 1. The van der Waals surface area contributed by atoms with Crippen LogP contribution in [0.4, 0.5) is 5.69 Å². The number of rotatable bonds is 12. The van der Waals surface area contributed by atoms with E-state index in [0.717, 1.165) is 6.42 Å². The quantitative estimate of drug-likeness (QED) is 0.130. The highest BCUT2D eigenvalue weighted by Crippen LogP contribution is 2.40. The van der Waals surface area contributed by atoms with Crippen LogP contribution in [0.1, 0.15) is 48.8 Å². The van der Waals surface area contributed by atoms with E-state index in [-0.39, 0.29) is 29.4 Å². The van der Waals surface area contributed by atoms with Crippen LogP contribution in [0.15, 0.2) is 107 Å². The van der Waals surface area contributed by atoms with Gasteiger partial charge in [0.2, 0.25) is 0 Å². The molecular formula is C33H35N3O6. The number of benzene rings is 3. The van der Waals surface area contributed by atoms with Crippen molar-refractivity contribution >= 4 is 17.6 Å². The minimum atomic E-state index is -0.892. The zero-order valence-corrected chi connectivity index (χ0v) is 24.0. The topological polar surface area (TPSA) is 120 Å². The first-order valence-electron chi connectivity index (χ1n) is 13.8. The Bertz CT molecular complexity index is 1440. The van der Waals surface area contributed by atoms with E-state index in [0.29, 0.717) is 30.0 Å². The number of nitro groups is 1. The first-order chi connectivity index (χ1) is 20.3. The zero-order chi connectivity index (χ0) is 30.1. The van der Waals surface area contributed by atoms with Crippen molar-refractivity contribution < 1.29 is 24.0 Å². The Labute approximate surface area is 245 Å². The molecule has 1 aliphatic rings. The molecule has 0 aliphatic carbocycles. The fraction of sp³-hybridized carbons (Fsp3) is 0.273. The Balaban J connectivity index is 1.43.